The summed E-state index contributed by atoms with van der Waals surface area (Å²) in [6, 6.07) is 6.57. The van der Waals surface area contributed by atoms with E-state index in [9.17, 15) is 18.0 Å². The highest BCUT2D eigenvalue weighted by Crippen LogP contribution is 2.41. The van der Waals surface area contributed by atoms with Crippen LogP contribution in [0.1, 0.15) is 53.4 Å². The van der Waals surface area contributed by atoms with Crippen LogP contribution >= 0.6 is 0 Å². The molecule has 6 nitrogen and oxygen atoms in total. The average Bonchev–Trinajstić information content (AvgIpc) is 2.87. The van der Waals surface area contributed by atoms with Crippen LogP contribution < -0.4 is 9.22 Å². The average molecular weight is 507 g/mol. The Morgan fingerprint density at radius 1 is 1.11 bits per heavy atom. The number of nitrogens with zero attached hydrogens (tertiary/aromatic N) is 3. The molecule has 2 aliphatic rings. The normalized spacial score (nSPS) is 22.3. The molecule has 0 bridgehead atoms. The number of pyridine rings is 1. The molecule has 2 aliphatic heterocycles. The molecule has 0 saturated carbocycles. The number of fused-ring (bicyclic) bond motifs is 1. The van der Waals surface area contributed by atoms with Crippen molar-refractivity contribution in [1.29, 1.82) is 0 Å². The van der Waals surface area contributed by atoms with E-state index in [0.29, 0.717) is 32.9 Å². The first kappa shape index (κ1) is 26.4. The largest absolute Gasteiger partial charge is 0.491 e. The third kappa shape index (κ3) is 5.22. The van der Waals surface area contributed by atoms with Gasteiger partial charge in [-0.15, -0.1) is 0 Å². The number of carbonyl (C=O) groups excluding carboxylic acids is 1. The van der Waals surface area contributed by atoms with Crippen LogP contribution in [0.15, 0.2) is 30.5 Å². The highest BCUT2D eigenvalue weighted by molar-refractivity contribution is 5.94. The van der Waals surface area contributed by atoms with Gasteiger partial charge in [0.2, 0.25) is 0 Å². The lowest BCUT2D eigenvalue weighted by atomic mass is 9.91. The second-order valence-corrected chi connectivity index (χ2v) is 9.69. The third-order valence-electron chi connectivity index (χ3n) is 7.71. The lowest BCUT2D eigenvalue weighted by Gasteiger charge is -2.53. The molecule has 0 aliphatic carbocycles. The van der Waals surface area contributed by atoms with Gasteiger partial charge in [0, 0.05) is 30.9 Å². The number of alkyl halides is 3. The lowest BCUT2D eigenvalue weighted by molar-refractivity contribution is -0.141. The Hall–Kier alpha value is -2.65. The van der Waals surface area contributed by atoms with Crippen molar-refractivity contribution in [3.05, 3.63) is 52.8 Å². The molecule has 3 heterocycles. The van der Waals surface area contributed by atoms with Gasteiger partial charge >= 0.3 is 6.18 Å². The molecule has 1 aromatic carbocycles. The van der Waals surface area contributed by atoms with Crippen molar-refractivity contribution in [2.45, 2.75) is 52.3 Å². The number of quaternary nitrogens is 1. The monoisotopic (exact) mass is 506 g/mol. The fourth-order valence-electron chi connectivity index (χ4n) is 5.66. The molecule has 0 N–H and O–H groups in total. The first-order valence-electron chi connectivity index (χ1n) is 12.7. The van der Waals surface area contributed by atoms with Crippen LogP contribution in [0.4, 0.5) is 18.9 Å². The zero-order valence-corrected chi connectivity index (χ0v) is 21.2. The van der Waals surface area contributed by atoms with Crippen molar-refractivity contribution in [3.8, 4) is 5.75 Å². The fourth-order valence-corrected chi connectivity index (χ4v) is 5.66. The predicted molar refractivity (Wildman–Crippen MR) is 132 cm³/mol. The van der Waals surface area contributed by atoms with E-state index in [-0.39, 0.29) is 17.5 Å². The minimum absolute atomic E-state index is 0.194. The quantitative estimate of drug-likeness (QED) is 0.385. The molecule has 2 aromatic rings. The number of piperidine rings is 1. The molecule has 36 heavy (non-hydrogen) atoms. The topological polar surface area (TPSA) is 51.7 Å². The minimum Gasteiger partial charge on any atom is -0.491 e. The van der Waals surface area contributed by atoms with Crippen LogP contribution in [0.2, 0.25) is 0 Å². The summed E-state index contributed by atoms with van der Waals surface area (Å²) in [5, 5.41) is 0. The van der Waals surface area contributed by atoms with Gasteiger partial charge in [0.05, 0.1) is 31.8 Å². The van der Waals surface area contributed by atoms with E-state index in [1.807, 2.05) is 13.0 Å². The predicted octanol–water partition coefficient (Wildman–Crippen LogP) is 5.15. The van der Waals surface area contributed by atoms with Gasteiger partial charge in [0.15, 0.2) is 0 Å². The van der Waals surface area contributed by atoms with E-state index in [0.717, 1.165) is 60.4 Å². The number of amides is 1. The minimum atomic E-state index is -4.52. The smallest absolute Gasteiger partial charge is 0.433 e. The molecular formula is C27H35F3N3O3+. The van der Waals surface area contributed by atoms with E-state index in [2.05, 4.69) is 24.9 Å². The summed E-state index contributed by atoms with van der Waals surface area (Å²) in [4.78, 5) is 18.4. The standard InChI is InChI=1S/C27H35F3N3O3/c1-4-35-15-16-36-24-10-9-23(19(2)20(24)3)33-13-6-5-7-22(33)18-32(12-14-33)26(34)21-8-11-25(31-17-21)27(28,29)30/h8-11,17,22H,4-7,12-16,18H2,1-3H3/q+1/t22-,33?/m0/s1. The van der Waals surface area contributed by atoms with Crippen molar-refractivity contribution >= 4 is 11.6 Å². The maximum atomic E-state index is 13.2. The zero-order valence-electron chi connectivity index (χ0n) is 21.2. The van der Waals surface area contributed by atoms with Crippen molar-refractivity contribution in [3.63, 3.8) is 0 Å². The Balaban J connectivity index is 1.53. The zero-order chi connectivity index (χ0) is 25.9. The summed E-state index contributed by atoms with van der Waals surface area (Å²) < 4.78 is 50.8. The number of aromatic nitrogens is 1. The summed E-state index contributed by atoms with van der Waals surface area (Å²) in [6.07, 6.45) is -0.254. The molecule has 0 radical (unpaired) electrons. The van der Waals surface area contributed by atoms with E-state index >= 15 is 0 Å². The van der Waals surface area contributed by atoms with E-state index in [4.69, 9.17) is 9.47 Å². The molecule has 196 valence electrons. The Bertz CT molecular complexity index is 1070. The molecule has 1 amide bonds. The molecule has 9 heteroatoms. The summed E-state index contributed by atoms with van der Waals surface area (Å²) in [7, 11) is 0. The summed E-state index contributed by atoms with van der Waals surface area (Å²) in [6.45, 7) is 10.8. The van der Waals surface area contributed by atoms with Gasteiger partial charge < -0.3 is 14.4 Å². The molecule has 0 spiro atoms. The van der Waals surface area contributed by atoms with Gasteiger partial charge in [-0.25, -0.2) is 0 Å². The van der Waals surface area contributed by atoms with Gasteiger partial charge in [0.1, 0.15) is 36.3 Å². The van der Waals surface area contributed by atoms with Crippen molar-refractivity contribution in [2.75, 3.05) is 46.0 Å². The number of halogens is 3. The van der Waals surface area contributed by atoms with Gasteiger partial charge in [-0.1, -0.05) is 0 Å². The van der Waals surface area contributed by atoms with Crippen molar-refractivity contribution < 1.29 is 27.4 Å². The molecule has 2 atom stereocenters. The molecule has 2 saturated heterocycles. The Morgan fingerprint density at radius 3 is 2.61 bits per heavy atom. The second-order valence-electron chi connectivity index (χ2n) is 9.69. The van der Waals surface area contributed by atoms with E-state index in [1.165, 1.54) is 17.3 Å². The molecule has 1 unspecified atom stereocenters. The Labute approximate surface area is 210 Å². The van der Waals surface area contributed by atoms with Gasteiger partial charge in [-0.2, -0.15) is 13.2 Å². The van der Waals surface area contributed by atoms with Gasteiger partial charge in [-0.3, -0.25) is 14.3 Å². The highest BCUT2D eigenvalue weighted by atomic mass is 19.4. The number of carbonyl (C=O) groups is 1. The number of piperazine rings is 1. The first-order chi connectivity index (χ1) is 17.2. The van der Waals surface area contributed by atoms with Crippen LogP contribution in [0, 0.1) is 13.8 Å². The first-order valence-corrected chi connectivity index (χ1v) is 12.7. The highest BCUT2D eigenvalue weighted by Gasteiger charge is 2.47. The SMILES string of the molecule is CCOCCOc1ccc([N+]23CCCC[C@H]2CN(C(=O)c2ccc(C(F)(F)F)nc2)CC3)c(C)c1C. The maximum absolute atomic E-state index is 13.2. The number of rotatable bonds is 7. The number of hydrogen-bond donors (Lipinski definition) is 0. The lowest BCUT2D eigenvalue weighted by Crippen LogP contribution is -2.69. The van der Waals surface area contributed by atoms with Crippen LogP contribution in [0.5, 0.6) is 5.75 Å². The Morgan fingerprint density at radius 2 is 1.92 bits per heavy atom. The summed E-state index contributed by atoms with van der Waals surface area (Å²) in [5.74, 6) is 0.608. The van der Waals surface area contributed by atoms with Crippen LogP contribution in [0.25, 0.3) is 0 Å². The van der Waals surface area contributed by atoms with Crippen LogP contribution in [-0.2, 0) is 10.9 Å². The maximum Gasteiger partial charge on any atom is 0.433 e. The molecule has 1 aromatic heterocycles. The number of benzene rings is 1. The molecular weight excluding hydrogens is 471 g/mol. The summed E-state index contributed by atoms with van der Waals surface area (Å²) in [5.41, 5.74) is 2.81. The fraction of sp³-hybridized carbons (Fsp3) is 0.556. The van der Waals surface area contributed by atoms with Gasteiger partial charge in [0.25, 0.3) is 5.91 Å². The molecule has 4 rings (SSSR count). The number of hydrogen-bond acceptors (Lipinski definition) is 4. The van der Waals surface area contributed by atoms with Crippen molar-refractivity contribution in [2.24, 2.45) is 0 Å². The van der Waals surface area contributed by atoms with E-state index in [1.54, 1.807) is 4.90 Å². The molecule has 2 fully saturated rings. The van der Waals surface area contributed by atoms with Gasteiger partial charge in [-0.05, 0) is 57.4 Å². The van der Waals surface area contributed by atoms with Crippen LogP contribution in [-0.4, -0.2) is 67.8 Å². The van der Waals surface area contributed by atoms with Crippen molar-refractivity contribution in [1.82, 2.24) is 14.4 Å². The van der Waals surface area contributed by atoms with Crippen LogP contribution in [0.3, 0.4) is 0 Å². The summed E-state index contributed by atoms with van der Waals surface area (Å²) >= 11 is 0. The number of ether oxygens (including phenoxy) is 2. The Kier molecular flexibility index (Phi) is 7.90. The van der Waals surface area contributed by atoms with E-state index < -0.39 is 11.9 Å². The second kappa shape index (κ2) is 10.8. The third-order valence-corrected chi connectivity index (χ3v) is 7.71.